The second kappa shape index (κ2) is 4.45. The number of carbonyl (C=O) groups excluding carboxylic acids is 1. The molecule has 3 nitrogen and oxygen atoms in total. The van der Waals surface area contributed by atoms with Crippen LogP contribution in [0.3, 0.4) is 0 Å². The largest absolute Gasteiger partial charge is 0.367 e. The van der Waals surface area contributed by atoms with Gasteiger partial charge in [0.25, 0.3) is 0 Å². The van der Waals surface area contributed by atoms with Crippen LogP contribution in [-0.4, -0.2) is 11.0 Å². The fourth-order valence-corrected chi connectivity index (χ4v) is 1.76. The fraction of sp³-hybridized carbons (Fsp3) is 0.417. The van der Waals surface area contributed by atoms with Gasteiger partial charge in [-0.2, -0.15) is 0 Å². The first-order chi connectivity index (χ1) is 7.29. The van der Waals surface area contributed by atoms with E-state index in [1.165, 1.54) is 11.1 Å². The minimum Gasteiger partial charge on any atom is -0.367 e. The van der Waals surface area contributed by atoms with E-state index in [0.29, 0.717) is 19.5 Å². The van der Waals surface area contributed by atoms with Crippen LogP contribution < -0.4 is 0 Å². The van der Waals surface area contributed by atoms with Gasteiger partial charge in [-0.1, -0.05) is 31.2 Å². The number of hydrogen-bond donors (Lipinski definition) is 0. The number of fused-ring (bicyclic) bond motifs is 1. The second-order valence-electron chi connectivity index (χ2n) is 3.78. The summed E-state index contributed by atoms with van der Waals surface area (Å²) in [5.74, 6) is -0.134. The molecule has 2 rings (SSSR count). The van der Waals surface area contributed by atoms with Gasteiger partial charge >= 0.3 is 5.97 Å². The molecule has 0 aliphatic carbocycles. The smallest absolute Gasteiger partial charge is 0.325 e. The molecule has 0 saturated carbocycles. The van der Waals surface area contributed by atoms with Crippen molar-refractivity contribution in [1.29, 1.82) is 0 Å². The normalized spacial score (nSPS) is 15.0. The molecular formula is C12H15NO2. The van der Waals surface area contributed by atoms with Crippen molar-refractivity contribution in [3.8, 4) is 0 Å². The molecule has 0 radical (unpaired) electrons. The van der Waals surface area contributed by atoms with E-state index in [1.54, 1.807) is 5.06 Å². The SMILES string of the molecule is CCCC(=O)ON1Cc2ccccc2C1. The topological polar surface area (TPSA) is 29.5 Å². The Labute approximate surface area is 89.6 Å². The minimum absolute atomic E-state index is 0.134. The lowest BCUT2D eigenvalue weighted by Gasteiger charge is -2.13. The summed E-state index contributed by atoms with van der Waals surface area (Å²) in [7, 11) is 0. The average molecular weight is 205 g/mol. The van der Waals surface area contributed by atoms with Gasteiger partial charge < -0.3 is 4.84 Å². The van der Waals surface area contributed by atoms with Gasteiger partial charge in [-0.3, -0.25) is 4.79 Å². The molecule has 1 aliphatic heterocycles. The molecule has 1 heterocycles. The summed E-state index contributed by atoms with van der Waals surface area (Å²) < 4.78 is 0. The van der Waals surface area contributed by atoms with Crippen molar-refractivity contribution < 1.29 is 9.63 Å². The molecule has 0 fully saturated rings. The molecule has 0 unspecified atom stereocenters. The lowest BCUT2D eigenvalue weighted by atomic mass is 10.1. The van der Waals surface area contributed by atoms with E-state index in [9.17, 15) is 4.79 Å². The van der Waals surface area contributed by atoms with Crippen molar-refractivity contribution in [2.45, 2.75) is 32.9 Å². The fourth-order valence-electron chi connectivity index (χ4n) is 1.76. The van der Waals surface area contributed by atoms with Gasteiger partial charge in [-0.05, 0) is 17.5 Å². The van der Waals surface area contributed by atoms with Gasteiger partial charge in [0.2, 0.25) is 0 Å². The third-order valence-corrected chi connectivity index (χ3v) is 2.50. The summed E-state index contributed by atoms with van der Waals surface area (Å²) >= 11 is 0. The van der Waals surface area contributed by atoms with Gasteiger partial charge in [-0.25, -0.2) is 0 Å². The first-order valence-corrected chi connectivity index (χ1v) is 5.32. The highest BCUT2D eigenvalue weighted by atomic mass is 16.7. The Morgan fingerprint density at radius 3 is 2.47 bits per heavy atom. The molecule has 3 heteroatoms. The third-order valence-electron chi connectivity index (χ3n) is 2.50. The van der Waals surface area contributed by atoms with Crippen molar-refractivity contribution in [1.82, 2.24) is 5.06 Å². The van der Waals surface area contributed by atoms with Crippen LogP contribution in [0.1, 0.15) is 30.9 Å². The van der Waals surface area contributed by atoms with E-state index in [-0.39, 0.29) is 5.97 Å². The van der Waals surface area contributed by atoms with E-state index in [2.05, 4.69) is 12.1 Å². The highest BCUT2D eigenvalue weighted by Gasteiger charge is 2.21. The molecule has 1 aliphatic rings. The Morgan fingerprint density at radius 2 is 1.93 bits per heavy atom. The molecule has 0 spiro atoms. The monoisotopic (exact) mass is 205 g/mol. The maximum absolute atomic E-state index is 11.3. The van der Waals surface area contributed by atoms with Crippen LogP contribution in [-0.2, 0) is 22.7 Å². The summed E-state index contributed by atoms with van der Waals surface area (Å²) in [5.41, 5.74) is 2.50. The van der Waals surface area contributed by atoms with Crippen molar-refractivity contribution >= 4 is 5.97 Å². The van der Waals surface area contributed by atoms with Gasteiger partial charge in [0.15, 0.2) is 0 Å². The van der Waals surface area contributed by atoms with Crippen molar-refractivity contribution in [2.75, 3.05) is 0 Å². The summed E-state index contributed by atoms with van der Waals surface area (Å²) in [4.78, 5) is 16.5. The Morgan fingerprint density at radius 1 is 1.33 bits per heavy atom. The predicted molar refractivity (Wildman–Crippen MR) is 56.7 cm³/mol. The highest BCUT2D eigenvalue weighted by Crippen LogP contribution is 2.22. The highest BCUT2D eigenvalue weighted by molar-refractivity contribution is 5.68. The molecular weight excluding hydrogens is 190 g/mol. The van der Waals surface area contributed by atoms with E-state index in [0.717, 1.165) is 6.42 Å². The molecule has 80 valence electrons. The molecule has 1 aromatic rings. The first kappa shape index (κ1) is 10.2. The van der Waals surface area contributed by atoms with Crippen molar-refractivity contribution in [3.05, 3.63) is 35.4 Å². The van der Waals surface area contributed by atoms with Crippen LogP contribution in [0.5, 0.6) is 0 Å². The molecule has 15 heavy (non-hydrogen) atoms. The predicted octanol–water partition coefficient (Wildman–Crippen LogP) is 2.26. The summed E-state index contributed by atoms with van der Waals surface area (Å²) in [6.07, 6.45) is 1.33. The number of nitrogens with zero attached hydrogens (tertiary/aromatic N) is 1. The Hall–Kier alpha value is -1.35. The lowest BCUT2D eigenvalue weighted by molar-refractivity contribution is -0.193. The molecule has 0 saturated heterocycles. The Bertz CT molecular complexity index is 337. The Kier molecular flexibility index (Phi) is 3.02. The Balaban J connectivity index is 1.93. The van der Waals surface area contributed by atoms with Gasteiger partial charge in [-0.15, -0.1) is 5.06 Å². The zero-order valence-electron chi connectivity index (χ0n) is 8.90. The quantitative estimate of drug-likeness (QED) is 0.758. The molecule has 0 bridgehead atoms. The maximum Gasteiger partial charge on any atom is 0.325 e. The van der Waals surface area contributed by atoms with Crippen LogP contribution in [0.2, 0.25) is 0 Å². The van der Waals surface area contributed by atoms with Crippen LogP contribution in [0, 0.1) is 0 Å². The number of hydrogen-bond acceptors (Lipinski definition) is 3. The van der Waals surface area contributed by atoms with Gasteiger partial charge in [0.1, 0.15) is 0 Å². The first-order valence-electron chi connectivity index (χ1n) is 5.32. The van der Waals surface area contributed by atoms with E-state index < -0.39 is 0 Å². The standard InChI is InChI=1S/C12H15NO2/c1-2-5-12(14)15-13-8-10-6-3-4-7-11(10)9-13/h3-4,6-7H,2,5,8-9H2,1H3. The molecule has 0 amide bonds. The van der Waals surface area contributed by atoms with E-state index in [1.807, 2.05) is 19.1 Å². The molecule has 1 aromatic carbocycles. The molecule has 0 aromatic heterocycles. The minimum atomic E-state index is -0.134. The number of hydroxylamine groups is 2. The molecule has 0 atom stereocenters. The zero-order chi connectivity index (χ0) is 10.7. The third kappa shape index (κ3) is 2.36. The van der Waals surface area contributed by atoms with E-state index in [4.69, 9.17) is 4.84 Å². The number of benzene rings is 1. The van der Waals surface area contributed by atoms with Crippen LogP contribution in [0.15, 0.2) is 24.3 Å². The van der Waals surface area contributed by atoms with Crippen LogP contribution >= 0.6 is 0 Å². The zero-order valence-corrected chi connectivity index (χ0v) is 8.90. The second-order valence-corrected chi connectivity index (χ2v) is 3.78. The van der Waals surface area contributed by atoms with Gasteiger partial charge in [0.05, 0.1) is 13.1 Å². The van der Waals surface area contributed by atoms with Gasteiger partial charge in [0, 0.05) is 6.42 Å². The van der Waals surface area contributed by atoms with Crippen molar-refractivity contribution in [3.63, 3.8) is 0 Å². The number of carbonyl (C=O) groups is 1. The number of rotatable bonds is 3. The van der Waals surface area contributed by atoms with Crippen molar-refractivity contribution in [2.24, 2.45) is 0 Å². The maximum atomic E-state index is 11.3. The average Bonchev–Trinajstić information content (AvgIpc) is 2.59. The lowest BCUT2D eigenvalue weighted by Crippen LogP contribution is -2.21. The summed E-state index contributed by atoms with van der Waals surface area (Å²) in [5, 5.41) is 1.72. The van der Waals surface area contributed by atoms with E-state index >= 15 is 0 Å². The summed E-state index contributed by atoms with van der Waals surface area (Å²) in [6.45, 7) is 3.40. The molecule has 0 N–H and O–H groups in total. The van der Waals surface area contributed by atoms with Crippen LogP contribution in [0.25, 0.3) is 0 Å². The van der Waals surface area contributed by atoms with Crippen LogP contribution in [0.4, 0.5) is 0 Å². The summed E-state index contributed by atoms with van der Waals surface area (Å²) in [6, 6.07) is 8.17.